The fourth-order valence-electron chi connectivity index (χ4n) is 3.00. The average Bonchev–Trinajstić information content (AvgIpc) is 3.32. The quantitative estimate of drug-likeness (QED) is 0.456. The van der Waals surface area contributed by atoms with Gasteiger partial charge in [-0.1, -0.05) is 30.0 Å². The van der Waals surface area contributed by atoms with Crippen LogP contribution in [0.1, 0.15) is 11.4 Å². The van der Waals surface area contributed by atoms with Crippen LogP contribution < -0.4 is 5.32 Å². The summed E-state index contributed by atoms with van der Waals surface area (Å²) < 4.78 is 15.2. The van der Waals surface area contributed by atoms with Crippen molar-refractivity contribution in [3.63, 3.8) is 0 Å². The minimum atomic E-state index is -0.319. The third-order valence-corrected chi connectivity index (χ3v) is 5.40. The summed E-state index contributed by atoms with van der Waals surface area (Å²) in [6.07, 6.45) is 0. The van der Waals surface area contributed by atoms with E-state index >= 15 is 0 Å². The Kier molecular flexibility index (Phi) is 5.62. The zero-order valence-corrected chi connectivity index (χ0v) is 17.2. The molecule has 2 N–H and O–H groups in total. The van der Waals surface area contributed by atoms with E-state index in [1.54, 1.807) is 12.1 Å². The highest BCUT2D eigenvalue weighted by Gasteiger charge is 2.18. The normalized spacial score (nSPS) is 10.9. The first-order valence-corrected chi connectivity index (χ1v) is 10.2. The molecule has 0 atom stereocenters. The second-order valence-electron chi connectivity index (χ2n) is 6.63. The Labute approximate surface area is 176 Å². The summed E-state index contributed by atoms with van der Waals surface area (Å²) in [5, 5.41) is 19.0. The Morgan fingerprint density at radius 2 is 1.83 bits per heavy atom. The lowest BCUT2D eigenvalue weighted by Crippen LogP contribution is -2.15. The number of hydrogen-bond acceptors (Lipinski definition) is 5. The van der Waals surface area contributed by atoms with Crippen molar-refractivity contribution in [2.24, 2.45) is 0 Å². The second kappa shape index (κ2) is 8.50. The van der Waals surface area contributed by atoms with Gasteiger partial charge in [0.25, 0.3) is 0 Å². The average molecular weight is 422 g/mol. The molecule has 4 aromatic rings. The molecule has 30 heavy (non-hydrogen) atoms. The van der Waals surface area contributed by atoms with E-state index < -0.39 is 0 Å². The van der Waals surface area contributed by atoms with Gasteiger partial charge in [0.05, 0.1) is 22.8 Å². The SMILES string of the molecule is Cc1n[nH]c(C)c1NC(=O)CSc1nnc(-c2ccc(F)cc2)n1-c1ccccc1. The summed E-state index contributed by atoms with van der Waals surface area (Å²) in [5.41, 5.74) is 3.81. The summed E-state index contributed by atoms with van der Waals surface area (Å²) in [7, 11) is 0. The largest absolute Gasteiger partial charge is 0.322 e. The third-order valence-electron chi connectivity index (χ3n) is 4.48. The number of carbonyl (C=O) groups is 1. The number of hydrogen-bond donors (Lipinski definition) is 2. The van der Waals surface area contributed by atoms with Crippen LogP contribution in [0.15, 0.2) is 59.8 Å². The van der Waals surface area contributed by atoms with Crippen molar-refractivity contribution in [2.45, 2.75) is 19.0 Å². The number of aromatic nitrogens is 5. The van der Waals surface area contributed by atoms with E-state index in [9.17, 15) is 9.18 Å². The predicted octanol–water partition coefficient (Wildman–Crippen LogP) is 4.14. The van der Waals surface area contributed by atoms with Crippen LogP contribution in [0.4, 0.5) is 10.1 Å². The Morgan fingerprint density at radius 1 is 1.10 bits per heavy atom. The van der Waals surface area contributed by atoms with Gasteiger partial charge >= 0.3 is 0 Å². The van der Waals surface area contributed by atoms with E-state index in [-0.39, 0.29) is 17.5 Å². The molecule has 2 aromatic carbocycles. The summed E-state index contributed by atoms with van der Waals surface area (Å²) in [6.45, 7) is 3.68. The van der Waals surface area contributed by atoms with Gasteiger partial charge in [-0.15, -0.1) is 10.2 Å². The van der Waals surface area contributed by atoms with E-state index in [4.69, 9.17) is 0 Å². The molecule has 0 aliphatic rings. The molecule has 0 fully saturated rings. The second-order valence-corrected chi connectivity index (χ2v) is 7.57. The predicted molar refractivity (Wildman–Crippen MR) is 114 cm³/mol. The van der Waals surface area contributed by atoms with Crippen LogP contribution in [-0.4, -0.2) is 36.6 Å². The van der Waals surface area contributed by atoms with Gasteiger partial charge in [0, 0.05) is 11.3 Å². The Balaban J connectivity index is 1.60. The first-order chi connectivity index (χ1) is 14.5. The van der Waals surface area contributed by atoms with E-state index in [0.717, 1.165) is 22.6 Å². The summed E-state index contributed by atoms with van der Waals surface area (Å²) in [4.78, 5) is 12.5. The van der Waals surface area contributed by atoms with E-state index in [1.165, 1.54) is 23.9 Å². The van der Waals surface area contributed by atoms with Gasteiger partial charge in [0.15, 0.2) is 11.0 Å². The minimum Gasteiger partial charge on any atom is -0.322 e. The molecular weight excluding hydrogens is 403 g/mol. The van der Waals surface area contributed by atoms with Crippen LogP contribution >= 0.6 is 11.8 Å². The summed E-state index contributed by atoms with van der Waals surface area (Å²) in [5.74, 6) is 0.239. The van der Waals surface area contributed by atoms with Gasteiger partial charge in [-0.3, -0.25) is 14.5 Å². The van der Waals surface area contributed by atoms with Crippen LogP contribution in [0.2, 0.25) is 0 Å². The molecule has 4 rings (SSSR count). The highest BCUT2D eigenvalue weighted by molar-refractivity contribution is 7.99. The number of rotatable bonds is 6. The molecule has 9 heteroatoms. The number of aromatic amines is 1. The molecule has 0 saturated carbocycles. The van der Waals surface area contributed by atoms with Crippen molar-refractivity contribution >= 4 is 23.4 Å². The lowest BCUT2D eigenvalue weighted by molar-refractivity contribution is -0.113. The lowest BCUT2D eigenvalue weighted by Gasteiger charge is -2.10. The van der Waals surface area contributed by atoms with Gasteiger partial charge in [-0.2, -0.15) is 5.10 Å². The summed E-state index contributed by atoms with van der Waals surface area (Å²) in [6, 6.07) is 15.7. The molecule has 0 bridgehead atoms. The number of para-hydroxylation sites is 1. The standard InChI is InChI=1S/C21H19FN6OS/c1-13-19(14(2)25-24-13)23-18(29)12-30-21-27-26-20(15-8-10-16(22)11-9-15)28(21)17-6-4-3-5-7-17/h3-11H,12H2,1-2H3,(H,23,29)(H,24,25). The number of anilines is 1. The van der Waals surface area contributed by atoms with Gasteiger partial charge in [-0.25, -0.2) is 4.39 Å². The summed E-state index contributed by atoms with van der Waals surface area (Å²) >= 11 is 1.27. The van der Waals surface area contributed by atoms with E-state index in [0.29, 0.717) is 16.7 Å². The molecule has 0 unspecified atom stereocenters. The maximum Gasteiger partial charge on any atom is 0.234 e. The van der Waals surface area contributed by atoms with Crippen LogP contribution in [0, 0.1) is 19.7 Å². The maximum atomic E-state index is 13.4. The highest BCUT2D eigenvalue weighted by Crippen LogP contribution is 2.28. The number of amides is 1. The lowest BCUT2D eigenvalue weighted by atomic mass is 10.2. The Morgan fingerprint density at radius 3 is 2.50 bits per heavy atom. The minimum absolute atomic E-state index is 0.151. The smallest absolute Gasteiger partial charge is 0.234 e. The topological polar surface area (TPSA) is 88.5 Å². The molecular formula is C21H19FN6OS. The van der Waals surface area contributed by atoms with Crippen molar-refractivity contribution < 1.29 is 9.18 Å². The Hall–Kier alpha value is -3.46. The van der Waals surface area contributed by atoms with Crippen LogP contribution in [0.5, 0.6) is 0 Å². The number of carbonyl (C=O) groups excluding carboxylic acids is 1. The van der Waals surface area contributed by atoms with Crippen molar-refractivity contribution in [3.8, 4) is 17.1 Å². The number of halogens is 1. The molecule has 0 spiro atoms. The zero-order valence-electron chi connectivity index (χ0n) is 16.4. The molecule has 7 nitrogen and oxygen atoms in total. The van der Waals surface area contributed by atoms with E-state index in [1.807, 2.05) is 48.7 Å². The zero-order chi connectivity index (χ0) is 21.1. The number of nitrogens with zero attached hydrogens (tertiary/aromatic N) is 4. The molecule has 0 aliphatic heterocycles. The molecule has 2 aromatic heterocycles. The van der Waals surface area contributed by atoms with Crippen molar-refractivity contribution in [1.29, 1.82) is 0 Å². The molecule has 0 saturated heterocycles. The molecule has 2 heterocycles. The van der Waals surface area contributed by atoms with Crippen LogP contribution in [-0.2, 0) is 4.79 Å². The first-order valence-electron chi connectivity index (χ1n) is 9.24. The molecule has 0 aliphatic carbocycles. The molecule has 152 valence electrons. The maximum absolute atomic E-state index is 13.4. The Bertz CT molecular complexity index is 1150. The van der Waals surface area contributed by atoms with Crippen molar-refractivity contribution in [2.75, 3.05) is 11.1 Å². The van der Waals surface area contributed by atoms with Crippen LogP contribution in [0.3, 0.4) is 0 Å². The number of H-pyrrole nitrogens is 1. The fourth-order valence-corrected chi connectivity index (χ4v) is 3.75. The van der Waals surface area contributed by atoms with Crippen molar-refractivity contribution in [1.82, 2.24) is 25.0 Å². The van der Waals surface area contributed by atoms with Gasteiger partial charge < -0.3 is 5.32 Å². The van der Waals surface area contributed by atoms with E-state index in [2.05, 4.69) is 25.7 Å². The van der Waals surface area contributed by atoms with Crippen molar-refractivity contribution in [3.05, 3.63) is 71.8 Å². The van der Waals surface area contributed by atoms with Gasteiger partial charge in [0.1, 0.15) is 5.82 Å². The first kappa shape index (κ1) is 19.8. The number of aryl methyl sites for hydroxylation is 2. The number of benzene rings is 2. The van der Waals surface area contributed by atoms with Gasteiger partial charge in [0.2, 0.25) is 5.91 Å². The fraction of sp³-hybridized carbons (Fsp3) is 0.143. The molecule has 1 amide bonds. The monoisotopic (exact) mass is 422 g/mol. The number of nitrogens with one attached hydrogen (secondary N) is 2. The third kappa shape index (κ3) is 4.11. The number of thioether (sulfide) groups is 1. The van der Waals surface area contributed by atoms with Crippen LogP contribution in [0.25, 0.3) is 17.1 Å². The molecule has 0 radical (unpaired) electrons. The van der Waals surface area contributed by atoms with Gasteiger partial charge in [-0.05, 0) is 50.2 Å². The highest BCUT2D eigenvalue weighted by atomic mass is 32.2.